The minimum absolute atomic E-state index is 0. The van der Waals surface area contributed by atoms with Gasteiger partial charge in [0.25, 0.3) is 0 Å². The van der Waals surface area contributed by atoms with Crippen LogP contribution < -0.4 is 20.9 Å². The molecule has 0 aliphatic rings. The summed E-state index contributed by atoms with van der Waals surface area (Å²) < 4.78 is 51.7. The predicted molar refractivity (Wildman–Crippen MR) is 144 cm³/mol. The zero-order chi connectivity index (χ0) is 27.5. The number of esters is 2. The summed E-state index contributed by atoms with van der Waals surface area (Å²) in [5.74, 6) is -0.895. The molecule has 0 bridgehead atoms. The molecule has 0 atom stereocenters. The van der Waals surface area contributed by atoms with Crippen LogP contribution >= 0.6 is 0 Å². The van der Waals surface area contributed by atoms with Crippen molar-refractivity contribution in [2.45, 2.75) is 20.0 Å². The van der Waals surface area contributed by atoms with E-state index in [0.29, 0.717) is 17.8 Å². The molecule has 39 heavy (non-hydrogen) atoms. The molecule has 0 aliphatic carbocycles. The third kappa shape index (κ3) is 10.6. The number of ether oxygens (including phenoxy) is 3. The maximum atomic E-state index is 12.3. The zero-order valence-electron chi connectivity index (χ0n) is 20.1. The van der Waals surface area contributed by atoms with Crippen LogP contribution in [-0.2, 0) is 16.0 Å². The first-order chi connectivity index (χ1) is 18.1. The van der Waals surface area contributed by atoms with Crippen molar-refractivity contribution in [2.24, 2.45) is 0 Å². The van der Waals surface area contributed by atoms with Crippen LogP contribution in [0.5, 0.6) is 11.5 Å². The van der Waals surface area contributed by atoms with Crippen LogP contribution in [0.2, 0.25) is 0 Å². The highest BCUT2D eigenvalue weighted by molar-refractivity contribution is 5.91. The molecule has 0 unspecified atom stereocenters. The van der Waals surface area contributed by atoms with Crippen molar-refractivity contribution in [1.29, 1.82) is 0 Å². The van der Waals surface area contributed by atoms with Crippen LogP contribution in [0.25, 0.3) is 6.08 Å². The number of hydrogen-bond donors (Lipinski definition) is 2. The molecule has 7 nitrogen and oxygen atoms in total. The fraction of sp³-hybridized carbons (Fsp3) is 0.172. The lowest BCUT2D eigenvalue weighted by molar-refractivity contribution is -0.153. The average Bonchev–Trinajstić information content (AvgIpc) is 2.87. The van der Waals surface area contributed by atoms with Gasteiger partial charge < -0.3 is 25.7 Å². The maximum absolute atomic E-state index is 12.3. The maximum Gasteiger partial charge on any atom is 0.422 e. The van der Waals surface area contributed by atoms with E-state index >= 15 is 0 Å². The first-order valence-corrected chi connectivity index (χ1v) is 11.4. The summed E-state index contributed by atoms with van der Waals surface area (Å²) in [6.07, 6.45) is 2.25. The molecule has 0 saturated heterocycles. The Morgan fingerprint density at radius 3 is 2.18 bits per heavy atom. The van der Waals surface area contributed by atoms with E-state index in [9.17, 15) is 22.8 Å². The number of allylic oxidation sites excluding steroid dienone is 2. The second-order valence-electron chi connectivity index (χ2n) is 7.98. The van der Waals surface area contributed by atoms with Crippen LogP contribution in [0.1, 0.15) is 28.9 Å². The van der Waals surface area contributed by atoms with Gasteiger partial charge in [0.15, 0.2) is 6.61 Å². The van der Waals surface area contributed by atoms with Crippen LogP contribution in [0.15, 0.2) is 85.0 Å². The highest BCUT2D eigenvalue weighted by atomic mass is 19.4. The fourth-order valence-electron chi connectivity index (χ4n) is 3.12. The summed E-state index contributed by atoms with van der Waals surface area (Å²) in [6.45, 7) is -1.24. The van der Waals surface area contributed by atoms with Gasteiger partial charge in [0, 0.05) is 23.9 Å². The molecule has 0 fully saturated rings. The van der Waals surface area contributed by atoms with E-state index in [1.165, 1.54) is 36.4 Å². The highest BCUT2D eigenvalue weighted by Gasteiger charge is 2.28. The average molecular weight is 543 g/mol. The van der Waals surface area contributed by atoms with E-state index in [2.05, 4.69) is 4.74 Å². The molecule has 3 rings (SSSR count). The van der Waals surface area contributed by atoms with Crippen molar-refractivity contribution >= 4 is 29.4 Å². The third-order valence-electron chi connectivity index (χ3n) is 5.00. The fourth-order valence-corrected chi connectivity index (χ4v) is 3.12. The van der Waals surface area contributed by atoms with Gasteiger partial charge in [-0.3, -0.25) is 0 Å². The second-order valence-corrected chi connectivity index (χ2v) is 7.98. The van der Waals surface area contributed by atoms with Gasteiger partial charge in [-0.2, -0.15) is 13.2 Å². The Kier molecular flexibility index (Phi) is 11.2. The number of hydrogen-bond acceptors (Lipinski definition) is 7. The van der Waals surface area contributed by atoms with Crippen molar-refractivity contribution < 1.29 is 37.0 Å². The Labute approximate surface area is 224 Å². The number of carbonyl (C=O) groups excluding carboxylic acids is 2. The second kappa shape index (κ2) is 14.3. The Balaban J connectivity index is 0.00000533. The molecule has 0 radical (unpaired) electrons. The third-order valence-corrected chi connectivity index (χ3v) is 5.00. The summed E-state index contributed by atoms with van der Waals surface area (Å²) in [4.78, 5) is 24.1. The van der Waals surface area contributed by atoms with Gasteiger partial charge in [-0.1, -0.05) is 43.9 Å². The van der Waals surface area contributed by atoms with Crippen LogP contribution in [0.4, 0.5) is 24.5 Å². The first-order valence-electron chi connectivity index (χ1n) is 11.4. The molecule has 0 aromatic heterocycles. The summed E-state index contributed by atoms with van der Waals surface area (Å²) in [7, 11) is 0. The van der Waals surface area contributed by atoms with Crippen LogP contribution in [0, 0.1) is 0 Å². The highest BCUT2D eigenvalue weighted by Crippen LogP contribution is 2.20. The van der Waals surface area contributed by atoms with Crippen LogP contribution in [0.3, 0.4) is 0 Å². The van der Waals surface area contributed by atoms with Crippen molar-refractivity contribution in [1.82, 2.24) is 0 Å². The van der Waals surface area contributed by atoms with Crippen molar-refractivity contribution in [3.63, 3.8) is 0 Å². The number of halogens is 3. The van der Waals surface area contributed by atoms with E-state index < -0.39 is 24.7 Å². The van der Waals surface area contributed by atoms with E-state index in [-0.39, 0.29) is 31.1 Å². The first kappa shape index (κ1) is 30.5. The van der Waals surface area contributed by atoms with Gasteiger partial charge >= 0.3 is 18.1 Å². The largest absolute Gasteiger partial charge is 0.484 e. The van der Waals surface area contributed by atoms with Crippen molar-refractivity contribution in [2.75, 3.05) is 24.7 Å². The number of rotatable bonds is 10. The summed E-state index contributed by atoms with van der Waals surface area (Å²) in [5.41, 5.74) is 14.4. The van der Waals surface area contributed by atoms with E-state index in [1.807, 2.05) is 0 Å². The Morgan fingerprint density at radius 2 is 1.54 bits per heavy atom. The van der Waals surface area contributed by atoms with E-state index in [4.69, 9.17) is 20.9 Å². The predicted octanol–water partition coefficient (Wildman–Crippen LogP) is 6.00. The minimum Gasteiger partial charge on any atom is -0.484 e. The molecule has 0 saturated carbocycles. The standard InChI is InChI=1S/C28H25F3N2O5.CH4/c29-28(30,31)18-37-23-13-8-21(9-14-23)27(35)38-24-11-5-19(6-12-24)3-1-2-4-26(34)36-16-15-20-7-10-22(32)17-25(20)33;/h1-14,17H,15-16,18,32-33H2;1H4/b3-1+,4-2+;. The smallest absolute Gasteiger partial charge is 0.422 e. The Morgan fingerprint density at radius 1 is 0.872 bits per heavy atom. The number of anilines is 2. The van der Waals surface area contributed by atoms with Gasteiger partial charge in [0.05, 0.1) is 12.2 Å². The quantitative estimate of drug-likeness (QED) is 0.106. The number of nitrogens with two attached hydrogens (primary N) is 2. The minimum atomic E-state index is -4.45. The normalized spacial score (nSPS) is 11.3. The van der Waals surface area contributed by atoms with Gasteiger partial charge in [-0.05, 0) is 59.7 Å². The van der Waals surface area contributed by atoms with Crippen molar-refractivity contribution in [3.05, 3.63) is 102 Å². The molecule has 0 aliphatic heterocycles. The lowest BCUT2D eigenvalue weighted by Crippen LogP contribution is -2.19. The molecule has 3 aromatic rings. The Bertz CT molecular complexity index is 1300. The van der Waals surface area contributed by atoms with Gasteiger partial charge in [-0.25, -0.2) is 9.59 Å². The number of alkyl halides is 3. The molecule has 0 spiro atoms. The van der Waals surface area contributed by atoms with Crippen LogP contribution in [-0.4, -0.2) is 31.3 Å². The van der Waals surface area contributed by atoms with E-state index in [1.54, 1.807) is 54.6 Å². The van der Waals surface area contributed by atoms with Crippen molar-refractivity contribution in [3.8, 4) is 11.5 Å². The summed E-state index contributed by atoms with van der Waals surface area (Å²) in [5, 5.41) is 0. The van der Waals surface area contributed by atoms with Gasteiger partial charge in [0.2, 0.25) is 0 Å². The summed E-state index contributed by atoms with van der Waals surface area (Å²) in [6, 6.07) is 16.9. The van der Waals surface area contributed by atoms with Gasteiger partial charge in [-0.15, -0.1) is 0 Å². The SMILES string of the molecule is C.Nc1ccc(CCOC(=O)/C=C/C=C/c2ccc(OC(=O)c3ccc(OCC(F)(F)F)cc3)cc2)c(N)c1. The molecule has 206 valence electrons. The molecular weight excluding hydrogens is 513 g/mol. The number of benzene rings is 3. The molecule has 10 heteroatoms. The molecule has 3 aromatic carbocycles. The van der Waals surface area contributed by atoms with Gasteiger partial charge in [0.1, 0.15) is 11.5 Å². The molecule has 4 N–H and O–H groups in total. The lowest BCUT2D eigenvalue weighted by atomic mass is 10.1. The lowest BCUT2D eigenvalue weighted by Gasteiger charge is -2.09. The zero-order valence-corrected chi connectivity index (χ0v) is 20.1. The molecular formula is C29H29F3N2O5. The summed E-state index contributed by atoms with van der Waals surface area (Å²) >= 11 is 0. The molecule has 0 amide bonds. The number of carbonyl (C=O) groups is 2. The van der Waals surface area contributed by atoms with E-state index in [0.717, 1.165) is 11.1 Å². The number of nitrogen functional groups attached to an aromatic ring is 2. The Hall–Kier alpha value is -4.73. The topological polar surface area (TPSA) is 114 Å². The monoisotopic (exact) mass is 542 g/mol. The molecule has 0 heterocycles.